The number of fused-ring (bicyclic) bond motifs is 1. The summed E-state index contributed by atoms with van der Waals surface area (Å²) < 4.78 is 33.1. The predicted octanol–water partition coefficient (Wildman–Crippen LogP) is 5.11. The van der Waals surface area contributed by atoms with Crippen LogP contribution in [0.3, 0.4) is 0 Å². The number of benzene rings is 1. The zero-order valence-corrected chi connectivity index (χ0v) is 24.3. The van der Waals surface area contributed by atoms with E-state index < -0.39 is 10.0 Å². The maximum absolute atomic E-state index is 13.3. The van der Waals surface area contributed by atoms with Crippen LogP contribution in [0.2, 0.25) is 0 Å². The Bertz CT molecular complexity index is 1460. The maximum Gasteiger partial charge on any atom is 0.265 e. The van der Waals surface area contributed by atoms with Crippen molar-refractivity contribution in [2.75, 3.05) is 17.8 Å². The molecule has 1 saturated carbocycles. The minimum absolute atomic E-state index is 0.112. The van der Waals surface area contributed by atoms with Gasteiger partial charge in [0.15, 0.2) is 0 Å². The normalized spacial score (nSPS) is 21.8. The van der Waals surface area contributed by atoms with Gasteiger partial charge in [0.25, 0.3) is 10.0 Å². The van der Waals surface area contributed by atoms with Crippen LogP contribution < -0.4 is 4.72 Å². The van der Waals surface area contributed by atoms with Crippen LogP contribution in [0.5, 0.6) is 0 Å². The number of likely N-dealkylation sites (tertiary alicyclic amines) is 1. The van der Waals surface area contributed by atoms with Crippen LogP contribution in [0, 0.1) is 31.6 Å². The van der Waals surface area contributed by atoms with Crippen LogP contribution in [-0.2, 0) is 28.9 Å². The van der Waals surface area contributed by atoms with E-state index in [1.165, 1.54) is 31.2 Å². The molecular formula is C29H41N5O3S. The first-order valence-electron chi connectivity index (χ1n) is 13.9. The standard InChI is InChI=1S/C29H41N5O3S/c1-18-16-34(29(35)19(2)22-9-7-8-10-22)14-13-24(18)26-17-32(5)27-12-11-23(15-25(26)27)31-38(36,37)28-20(3)30-33(6)21(28)4/h11-12,15,17-19,22,24,31H,7-10,13-14,16H2,1-6H3/t18-,19+,24+/m0/s1. The summed E-state index contributed by atoms with van der Waals surface area (Å²) in [7, 11) is 0.000821. The molecule has 8 nitrogen and oxygen atoms in total. The number of hydrogen-bond acceptors (Lipinski definition) is 4. The number of nitrogens with one attached hydrogen (secondary N) is 1. The minimum atomic E-state index is -3.78. The van der Waals surface area contributed by atoms with Gasteiger partial charge in [-0.1, -0.05) is 26.7 Å². The topological polar surface area (TPSA) is 89.2 Å². The first-order chi connectivity index (χ1) is 18.0. The number of amides is 1. The van der Waals surface area contributed by atoms with Gasteiger partial charge in [-0.2, -0.15) is 5.10 Å². The Morgan fingerprint density at radius 2 is 1.84 bits per heavy atom. The van der Waals surface area contributed by atoms with Crippen LogP contribution in [0.15, 0.2) is 29.3 Å². The van der Waals surface area contributed by atoms with E-state index >= 15 is 0 Å². The summed E-state index contributed by atoms with van der Waals surface area (Å²) in [6.45, 7) is 9.38. The molecule has 9 heteroatoms. The van der Waals surface area contributed by atoms with Gasteiger partial charge in [-0.15, -0.1) is 0 Å². The Hall–Kier alpha value is -2.81. The summed E-state index contributed by atoms with van der Waals surface area (Å²) >= 11 is 0. The van der Waals surface area contributed by atoms with Crippen molar-refractivity contribution in [3.05, 3.63) is 41.3 Å². The van der Waals surface area contributed by atoms with Gasteiger partial charge >= 0.3 is 0 Å². The third-order valence-electron chi connectivity index (χ3n) is 9.10. The largest absolute Gasteiger partial charge is 0.350 e. The number of aromatic nitrogens is 3. The molecule has 0 unspecified atom stereocenters. The average molecular weight is 540 g/mol. The van der Waals surface area contributed by atoms with E-state index in [0.717, 1.165) is 30.4 Å². The van der Waals surface area contributed by atoms with Crippen LogP contribution >= 0.6 is 0 Å². The number of anilines is 1. The highest BCUT2D eigenvalue weighted by atomic mass is 32.2. The summed E-state index contributed by atoms with van der Waals surface area (Å²) in [5.41, 5.74) is 3.92. The first-order valence-corrected chi connectivity index (χ1v) is 15.4. The van der Waals surface area contributed by atoms with Gasteiger partial charge in [0.1, 0.15) is 4.90 Å². The van der Waals surface area contributed by atoms with Crippen LogP contribution in [0.25, 0.3) is 10.9 Å². The Balaban J connectivity index is 1.38. The third-order valence-corrected chi connectivity index (χ3v) is 10.7. The smallest absolute Gasteiger partial charge is 0.265 e. The van der Waals surface area contributed by atoms with E-state index in [9.17, 15) is 13.2 Å². The third kappa shape index (κ3) is 4.74. The van der Waals surface area contributed by atoms with Gasteiger partial charge in [-0.25, -0.2) is 8.42 Å². The molecule has 206 valence electrons. The summed E-state index contributed by atoms with van der Waals surface area (Å²) in [6, 6.07) is 5.75. The lowest BCUT2D eigenvalue weighted by Crippen LogP contribution is -2.45. The number of carbonyl (C=O) groups excluding carboxylic acids is 1. The van der Waals surface area contributed by atoms with Crippen molar-refractivity contribution in [2.45, 2.75) is 70.6 Å². The fourth-order valence-electron chi connectivity index (χ4n) is 6.89. The highest BCUT2D eigenvalue weighted by molar-refractivity contribution is 7.92. The van der Waals surface area contributed by atoms with Crippen molar-refractivity contribution in [3.8, 4) is 0 Å². The zero-order chi connectivity index (χ0) is 27.4. The second kappa shape index (κ2) is 10.1. The van der Waals surface area contributed by atoms with Crippen molar-refractivity contribution in [3.63, 3.8) is 0 Å². The van der Waals surface area contributed by atoms with E-state index in [0.29, 0.717) is 40.7 Å². The van der Waals surface area contributed by atoms with Crippen LogP contribution in [-0.4, -0.2) is 46.7 Å². The summed E-state index contributed by atoms with van der Waals surface area (Å²) in [4.78, 5) is 15.6. The molecule has 1 aliphatic heterocycles. The second-order valence-electron chi connectivity index (χ2n) is 11.6. The molecule has 0 spiro atoms. The fourth-order valence-corrected chi connectivity index (χ4v) is 8.38. The van der Waals surface area contributed by atoms with E-state index in [2.05, 4.69) is 39.3 Å². The van der Waals surface area contributed by atoms with Gasteiger partial charge in [0, 0.05) is 55.9 Å². The number of carbonyl (C=O) groups is 1. The summed E-state index contributed by atoms with van der Waals surface area (Å²) in [6.07, 6.45) is 7.95. The van der Waals surface area contributed by atoms with Gasteiger partial charge in [0.2, 0.25) is 5.91 Å². The van der Waals surface area contributed by atoms with Gasteiger partial charge in [-0.05, 0) is 74.6 Å². The number of aryl methyl sites for hydroxylation is 3. The lowest BCUT2D eigenvalue weighted by atomic mass is 9.80. The molecule has 2 fully saturated rings. The Morgan fingerprint density at radius 1 is 1.13 bits per heavy atom. The van der Waals surface area contributed by atoms with Crippen molar-refractivity contribution in [1.82, 2.24) is 19.2 Å². The van der Waals surface area contributed by atoms with E-state index in [-0.39, 0.29) is 10.8 Å². The number of rotatable bonds is 6. The molecule has 0 radical (unpaired) electrons. The molecule has 3 heterocycles. The van der Waals surface area contributed by atoms with E-state index in [4.69, 9.17) is 0 Å². The van der Waals surface area contributed by atoms with E-state index in [1.54, 1.807) is 25.6 Å². The van der Waals surface area contributed by atoms with Gasteiger partial charge < -0.3 is 9.47 Å². The number of nitrogens with zero attached hydrogens (tertiary/aromatic N) is 4. The lowest BCUT2D eigenvalue weighted by Gasteiger charge is -2.39. The number of piperidine rings is 1. The van der Waals surface area contributed by atoms with Crippen LogP contribution in [0.1, 0.15) is 68.8 Å². The van der Waals surface area contributed by atoms with Crippen LogP contribution in [0.4, 0.5) is 5.69 Å². The minimum Gasteiger partial charge on any atom is -0.350 e. The summed E-state index contributed by atoms with van der Waals surface area (Å²) in [5.74, 6) is 1.59. The molecule has 1 N–H and O–H groups in total. The molecule has 1 amide bonds. The maximum atomic E-state index is 13.3. The molecule has 2 aromatic heterocycles. The van der Waals surface area contributed by atoms with Crippen molar-refractivity contribution >= 4 is 32.5 Å². The molecule has 1 aromatic carbocycles. The van der Waals surface area contributed by atoms with Gasteiger partial charge in [0.05, 0.1) is 11.4 Å². The molecule has 38 heavy (non-hydrogen) atoms. The molecule has 0 bridgehead atoms. The highest BCUT2D eigenvalue weighted by Crippen LogP contribution is 2.40. The van der Waals surface area contributed by atoms with Gasteiger partial charge in [-0.3, -0.25) is 14.2 Å². The van der Waals surface area contributed by atoms with Crippen molar-refractivity contribution in [1.29, 1.82) is 0 Å². The second-order valence-corrected chi connectivity index (χ2v) is 13.3. The molecule has 1 saturated heterocycles. The molecule has 2 aliphatic rings. The SMILES string of the molecule is Cc1nn(C)c(C)c1S(=O)(=O)Nc1ccc2c(c1)c([C@@H]1CCN(C(=O)[C@H](C)C3CCCC3)C[C@@H]1C)cn2C. The fraction of sp³-hybridized carbons (Fsp3) is 0.586. The molecule has 5 rings (SSSR count). The Morgan fingerprint density at radius 3 is 2.47 bits per heavy atom. The molecular weight excluding hydrogens is 498 g/mol. The molecule has 3 aromatic rings. The van der Waals surface area contributed by atoms with Crippen molar-refractivity contribution < 1.29 is 13.2 Å². The monoisotopic (exact) mass is 539 g/mol. The van der Waals surface area contributed by atoms with E-state index in [1.807, 2.05) is 25.2 Å². The van der Waals surface area contributed by atoms with Crippen molar-refractivity contribution in [2.24, 2.45) is 31.8 Å². The quantitative estimate of drug-likeness (QED) is 0.472. The number of sulfonamides is 1. The molecule has 3 atom stereocenters. The zero-order valence-electron chi connectivity index (χ0n) is 23.5. The summed E-state index contributed by atoms with van der Waals surface area (Å²) in [5, 5.41) is 5.33. The predicted molar refractivity (Wildman–Crippen MR) is 151 cm³/mol. The Labute approximate surface area is 226 Å². The highest BCUT2D eigenvalue weighted by Gasteiger charge is 2.35. The first kappa shape index (κ1) is 26.8. The molecule has 1 aliphatic carbocycles. The lowest BCUT2D eigenvalue weighted by molar-refractivity contribution is -0.138. The Kier molecular flexibility index (Phi) is 7.09. The number of hydrogen-bond donors (Lipinski definition) is 1. The average Bonchev–Trinajstić information content (AvgIpc) is 3.57.